The molecule has 0 spiro atoms. The smallest absolute Gasteiger partial charge is 0.122 e. The first kappa shape index (κ1) is 15.7. The molecule has 0 saturated heterocycles. The first-order valence-electron chi connectivity index (χ1n) is 8.89. The fourth-order valence-electron chi connectivity index (χ4n) is 3.94. The van der Waals surface area contributed by atoms with E-state index in [-0.39, 0.29) is 4.45 Å². The van der Waals surface area contributed by atoms with Gasteiger partial charge in [-0.15, -0.1) is 0 Å². The topological polar surface area (TPSA) is 4.93 Å². The number of aromatic nitrogens is 1. The fourth-order valence-corrected chi connectivity index (χ4v) is 4.62. The highest BCUT2D eigenvalue weighted by atomic mass is 79.9. The molecule has 0 fully saturated rings. The Hall–Kier alpha value is -2.58. The molecule has 5 rings (SSSR count). The Morgan fingerprint density at radius 1 is 0.731 bits per heavy atom. The zero-order valence-electron chi connectivity index (χ0n) is 14.3. The number of rotatable bonds is 2. The van der Waals surface area contributed by atoms with Crippen molar-refractivity contribution in [2.75, 3.05) is 0 Å². The number of nitrogens with zero attached hydrogens (tertiary/aromatic N) is 1. The van der Waals surface area contributed by atoms with E-state index in [4.69, 9.17) is 0 Å². The van der Waals surface area contributed by atoms with Crippen LogP contribution in [0.4, 0.5) is 0 Å². The largest absolute Gasteiger partial charge is 0.321 e. The molecule has 2 heteroatoms. The standard InChI is InChI=1S/C24H18BrN/c25-24(16-14-19(15-17-24)18-8-2-1-3-9-18)26-22-12-6-4-10-20(22)21-11-5-7-13-23(21)26/h1-16H,17H2/t24-/m1/s1. The predicted octanol–water partition coefficient (Wildman–Crippen LogP) is 6.89. The van der Waals surface area contributed by atoms with Crippen LogP contribution < -0.4 is 0 Å². The van der Waals surface area contributed by atoms with Crippen LogP contribution in [0.2, 0.25) is 0 Å². The van der Waals surface area contributed by atoms with Crippen molar-refractivity contribution in [3.63, 3.8) is 0 Å². The molecule has 1 aliphatic carbocycles. The molecule has 1 heterocycles. The van der Waals surface area contributed by atoms with Crippen LogP contribution in [0, 0.1) is 0 Å². The predicted molar refractivity (Wildman–Crippen MR) is 115 cm³/mol. The summed E-state index contributed by atoms with van der Waals surface area (Å²) in [6, 6.07) is 27.9. The van der Waals surface area contributed by atoms with E-state index in [0.717, 1.165) is 6.42 Å². The van der Waals surface area contributed by atoms with Crippen molar-refractivity contribution in [2.24, 2.45) is 0 Å². The van der Waals surface area contributed by atoms with Crippen molar-refractivity contribution in [3.05, 3.63) is 103 Å². The van der Waals surface area contributed by atoms with Gasteiger partial charge in [0.15, 0.2) is 0 Å². The van der Waals surface area contributed by atoms with Gasteiger partial charge in [0.1, 0.15) is 4.45 Å². The monoisotopic (exact) mass is 399 g/mol. The van der Waals surface area contributed by atoms with Gasteiger partial charge in [0, 0.05) is 17.2 Å². The number of alkyl halides is 1. The van der Waals surface area contributed by atoms with Crippen molar-refractivity contribution in [1.82, 2.24) is 4.57 Å². The minimum absolute atomic E-state index is 0.256. The summed E-state index contributed by atoms with van der Waals surface area (Å²) in [6.45, 7) is 0. The molecule has 0 aliphatic heterocycles. The molecule has 3 aromatic carbocycles. The lowest BCUT2D eigenvalue weighted by atomic mass is 9.97. The van der Waals surface area contributed by atoms with Crippen LogP contribution in [0.5, 0.6) is 0 Å². The molecule has 26 heavy (non-hydrogen) atoms. The van der Waals surface area contributed by atoms with Crippen LogP contribution in [-0.4, -0.2) is 4.57 Å². The first-order valence-corrected chi connectivity index (χ1v) is 9.68. The van der Waals surface area contributed by atoms with Crippen LogP contribution in [0.25, 0.3) is 27.4 Å². The molecular formula is C24H18BrN. The molecule has 0 bridgehead atoms. The number of hydrogen-bond acceptors (Lipinski definition) is 0. The Bertz CT molecular complexity index is 1110. The average molecular weight is 400 g/mol. The summed E-state index contributed by atoms with van der Waals surface area (Å²) in [5.41, 5.74) is 5.06. The van der Waals surface area contributed by atoms with Gasteiger partial charge in [0.25, 0.3) is 0 Å². The molecule has 0 N–H and O–H groups in total. The molecule has 0 radical (unpaired) electrons. The second kappa shape index (κ2) is 6.00. The maximum absolute atomic E-state index is 4.06. The summed E-state index contributed by atoms with van der Waals surface area (Å²) in [6.07, 6.45) is 7.75. The van der Waals surface area contributed by atoms with Gasteiger partial charge in [-0.05, 0) is 29.3 Å². The zero-order valence-corrected chi connectivity index (χ0v) is 15.9. The van der Waals surface area contributed by atoms with Gasteiger partial charge in [-0.2, -0.15) is 0 Å². The van der Waals surface area contributed by atoms with Crippen LogP contribution in [0.15, 0.2) is 97.1 Å². The fraction of sp³-hybridized carbons (Fsp3) is 0.0833. The quantitative estimate of drug-likeness (QED) is 0.323. The summed E-state index contributed by atoms with van der Waals surface area (Å²) in [4.78, 5) is 0. The molecule has 0 saturated carbocycles. The Morgan fingerprint density at radius 3 is 1.88 bits per heavy atom. The van der Waals surface area contributed by atoms with Gasteiger partial charge in [-0.25, -0.2) is 0 Å². The SMILES string of the molecule is Br[C@@]1(n2c3ccccc3c3ccccc32)C=CC(c2ccccc2)=CC1. The molecule has 0 amide bonds. The van der Waals surface area contributed by atoms with Gasteiger partial charge in [0.05, 0.1) is 11.0 Å². The maximum Gasteiger partial charge on any atom is 0.122 e. The van der Waals surface area contributed by atoms with Crippen molar-refractivity contribution < 1.29 is 0 Å². The molecule has 1 aliphatic rings. The third kappa shape index (κ3) is 2.37. The summed E-state index contributed by atoms with van der Waals surface area (Å²) in [5, 5.41) is 2.60. The summed E-state index contributed by atoms with van der Waals surface area (Å²) in [7, 11) is 0. The van der Waals surface area contributed by atoms with E-state index < -0.39 is 0 Å². The Kier molecular flexibility index (Phi) is 3.61. The number of benzene rings is 3. The molecule has 1 aromatic heterocycles. The number of hydrogen-bond donors (Lipinski definition) is 0. The average Bonchev–Trinajstić information content (AvgIpc) is 3.04. The second-order valence-corrected chi connectivity index (χ2v) is 8.12. The normalized spacial score (nSPS) is 19.8. The minimum atomic E-state index is -0.256. The first-order chi connectivity index (χ1) is 12.8. The van der Waals surface area contributed by atoms with Crippen molar-refractivity contribution >= 4 is 43.3 Å². The maximum atomic E-state index is 4.06. The summed E-state index contributed by atoms with van der Waals surface area (Å²) < 4.78 is 2.17. The van der Waals surface area contributed by atoms with E-state index in [1.165, 1.54) is 32.9 Å². The number of para-hydroxylation sites is 2. The van der Waals surface area contributed by atoms with Crippen molar-refractivity contribution in [3.8, 4) is 0 Å². The van der Waals surface area contributed by atoms with Gasteiger partial charge in [-0.1, -0.05) is 94.8 Å². The zero-order chi connectivity index (χ0) is 17.6. The van der Waals surface area contributed by atoms with E-state index in [0.29, 0.717) is 0 Å². The lowest BCUT2D eigenvalue weighted by Gasteiger charge is -2.30. The summed E-state index contributed by atoms with van der Waals surface area (Å²) in [5.74, 6) is 0. The number of fused-ring (bicyclic) bond motifs is 3. The molecule has 1 nitrogen and oxygen atoms in total. The molecule has 126 valence electrons. The lowest BCUT2D eigenvalue weighted by molar-refractivity contribution is 0.599. The van der Waals surface area contributed by atoms with Crippen LogP contribution in [0.1, 0.15) is 12.0 Å². The van der Waals surface area contributed by atoms with Gasteiger partial charge >= 0.3 is 0 Å². The molecule has 0 unspecified atom stereocenters. The van der Waals surface area contributed by atoms with E-state index in [9.17, 15) is 0 Å². The molecular weight excluding hydrogens is 382 g/mol. The molecule has 1 atom stereocenters. The Morgan fingerprint density at radius 2 is 1.31 bits per heavy atom. The van der Waals surface area contributed by atoms with Crippen molar-refractivity contribution in [2.45, 2.75) is 10.9 Å². The van der Waals surface area contributed by atoms with E-state index in [2.05, 4.69) is 118 Å². The van der Waals surface area contributed by atoms with E-state index in [1.807, 2.05) is 0 Å². The highest BCUT2D eigenvalue weighted by Gasteiger charge is 2.30. The van der Waals surface area contributed by atoms with Gasteiger partial charge < -0.3 is 4.57 Å². The second-order valence-electron chi connectivity index (χ2n) is 6.75. The number of halogens is 1. The highest BCUT2D eigenvalue weighted by Crippen LogP contribution is 2.43. The lowest BCUT2D eigenvalue weighted by Crippen LogP contribution is -2.24. The Labute approximate surface area is 161 Å². The third-order valence-electron chi connectivity index (χ3n) is 5.19. The van der Waals surface area contributed by atoms with Crippen LogP contribution in [-0.2, 0) is 4.45 Å². The highest BCUT2D eigenvalue weighted by molar-refractivity contribution is 9.09. The van der Waals surface area contributed by atoms with Crippen LogP contribution in [0.3, 0.4) is 0 Å². The number of allylic oxidation sites excluding steroid dienone is 4. The van der Waals surface area contributed by atoms with E-state index >= 15 is 0 Å². The summed E-state index contributed by atoms with van der Waals surface area (Å²) >= 11 is 4.06. The van der Waals surface area contributed by atoms with Crippen LogP contribution >= 0.6 is 15.9 Å². The minimum Gasteiger partial charge on any atom is -0.321 e. The van der Waals surface area contributed by atoms with Gasteiger partial charge in [-0.3, -0.25) is 0 Å². The van der Waals surface area contributed by atoms with E-state index in [1.54, 1.807) is 0 Å². The van der Waals surface area contributed by atoms with Crippen molar-refractivity contribution in [1.29, 1.82) is 0 Å². The third-order valence-corrected chi connectivity index (χ3v) is 6.13. The van der Waals surface area contributed by atoms with Gasteiger partial charge in [0.2, 0.25) is 0 Å². The molecule has 4 aromatic rings. The Balaban J connectivity index is 1.67.